The molecule has 0 heterocycles. The van der Waals surface area contributed by atoms with Crippen molar-refractivity contribution in [2.75, 3.05) is 30.3 Å². The minimum absolute atomic E-state index is 0.0533. The number of nitrogens with zero attached hydrogens (tertiary/aromatic N) is 2. The zero-order chi connectivity index (χ0) is 30.7. The zero-order valence-corrected chi connectivity index (χ0v) is 26.6. The molecule has 8 nitrogen and oxygen atoms in total. The summed E-state index contributed by atoms with van der Waals surface area (Å²) in [4.78, 5) is 30.0. The van der Waals surface area contributed by atoms with Gasteiger partial charge in [0.2, 0.25) is 11.8 Å². The number of hydrogen-bond acceptors (Lipinski definition) is 6. The van der Waals surface area contributed by atoms with E-state index in [4.69, 9.17) is 4.74 Å². The molecule has 10 heteroatoms. The standard InChI is InChI=1S/C32H41N3O5S2/c1-6-21-33-32(37)28(7-2)34(22-25-14-10-9-13-24(25)4)31(36)23-35(29-15-11-12-16-30(29)40-8-3)42(38,39)27-19-17-26(41-5)18-20-27/h9-20,28H,6-8,21-23H2,1-5H3,(H,33,37). The van der Waals surface area contributed by atoms with Gasteiger partial charge in [-0.1, -0.05) is 50.2 Å². The summed E-state index contributed by atoms with van der Waals surface area (Å²) in [5.41, 5.74) is 2.10. The number of aryl methyl sites for hydroxylation is 1. The van der Waals surface area contributed by atoms with Crippen LogP contribution in [-0.2, 0) is 26.2 Å². The number of carbonyl (C=O) groups excluding carboxylic acids is 2. The second-order valence-corrected chi connectivity index (χ2v) is 12.5. The van der Waals surface area contributed by atoms with Gasteiger partial charge in [-0.2, -0.15) is 0 Å². The van der Waals surface area contributed by atoms with E-state index >= 15 is 0 Å². The first-order valence-corrected chi connectivity index (χ1v) is 16.8. The molecular formula is C32H41N3O5S2. The second-order valence-electron chi connectivity index (χ2n) is 9.75. The Hall–Kier alpha value is -3.50. The molecule has 42 heavy (non-hydrogen) atoms. The lowest BCUT2D eigenvalue weighted by Gasteiger charge is -2.34. The van der Waals surface area contributed by atoms with Crippen molar-refractivity contribution in [3.63, 3.8) is 0 Å². The van der Waals surface area contributed by atoms with Crippen molar-refractivity contribution in [2.45, 2.75) is 62.9 Å². The molecule has 3 aromatic rings. The Labute approximate surface area is 254 Å². The van der Waals surface area contributed by atoms with Crippen molar-refractivity contribution in [2.24, 2.45) is 0 Å². The van der Waals surface area contributed by atoms with Crippen molar-refractivity contribution in [3.05, 3.63) is 83.9 Å². The lowest BCUT2D eigenvalue weighted by atomic mass is 10.1. The number of ether oxygens (including phenoxy) is 1. The molecule has 0 saturated carbocycles. The van der Waals surface area contributed by atoms with E-state index in [1.807, 2.05) is 58.2 Å². The SMILES string of the molecule is CCCNC(=O)C(CC)N(Cc1ccccc1C)C(=O)CN(c1ccccc1OCC)S(=O)(=O)c1ccc(SC)cc1. The number of sulfonamides is 1. The van der Waals surface area contributed by atoms with E-state index in [-0.39, 0.29) is 23.0 Å². The number of para-hydroxylation sites is 2. The summed E-state index contributed by atoms with van der Waals surface area (Å²) in [6.07, 6.45) is 3.03. The van der Waals surface area contributed by atoms with Crippen LogP contribution in [0.1, 0.15) is 44.7 Å². The van der Waals surface area contributed by atoms with Crippen LogP contribution in [0.2, 0.25) is 0 Å². The van der Waals surface area contributed by atoms with Gasteiger partial charge in [-0.25, -0.2) is 8.42 Å². The molecule has 0 bridgehead atoms. The molecule has 3 aromatic carbocycles. The number of benzene rings is 3. The molecule has 1 unspecified atom stereocenters. The maximum absolute atomic E-state index is 14.3. The van der Waals surface area contributed by atoms with E-state index < -0.39 is 28.5 Å². The number of hydrogen-bond donors (Lipinski definition) is 1. The normalized spacial score (nSPS) is 11.9. The van der Waals surface area contributed by atoms with E-state index in [9.17, 15) is 18.0 Å². The smallest absolute Gasteiger partial charge is 0.264 e. The van der Waals surface area contributed by atoms with Gasteiger partial charge in [0.1, 0.15) is 18.3 Å². The summed E-state index contributed by atoms with van der Waals surface area (Å²) >= 11 is 1.51. The molecule has 0 aliphatic rings. The monoisotopic (exact) mass is 611 g/mol. The summed E-state index contributed by atoms with van der Waals surface area (Å²) in [7, 11) is -4.20. The number of anilines is 1. The largest absolute Gasteiger partial charge is 0.492 e. The fourth-order valence-corrected chi connectivity index (χ4v) is 6.42. The molecule has 226 valence electrons. The summed E-state index contributed by atoms with van der Waals surface area (Å²) in [6.45, 7) is 8.01. The highest BCUT2D eigenvalue weighted by atomic mass is 32.2. The van der Waals surface area contributed by atoms with Gasteiger partial charge < -0.3 is 15.0 Å². The Kier molecular flexibility index (Phi) is 12.3. The average Bonchev–Trinajstić information content (AvgIpc) is 3.00. The first kappa shape index (κ1) is 33.0. The summed E-state index contributed by atoms with van der Waals surface area (Å²) < 4.78 is 35.3. The molecule has 0 fully saturated rings. The lowest BCUT2D eigenvalue weighted by molar-refractivity contribution is -0.140. The molecular weight excluding hydrogens is 571 g/mol. The Bertz CT molecular complexity index is 1440. The van der Waals surface area contributed by atoms with Crippen LogP contribution in [0.4, 0.5) is 5.69 Å². The average molecular weight is 612 g/mol. The highest BCUT2D eigenvalue weighted by Crippen LogP contribution is 2.33. The highest BCUT2D eigenvalue weighted by molar-refractivity contribution is 7.98. The van der Waals surface area contributed by atoms with E-state index in [2.05, 4.69) is 5.32 Å². The predicted molar refractivity (Wildman–Crippen MR) is 169 cm³/mol. The maximum atomic E-state index is 14.3. The Morgan fingerprint density at radius 2 is 1.62 bits per heavy atom. The number of thioether (sulfide) groups is 1. The van der Waals surface area contributed by atoms with Crippen LogP contribution >= 0.6 is 11.8 Å². The van der Waals surface area contributed by atoms with Gasteiger partial charge in [0, 0.05) is 18.0 Å². The van der Waals surface area contributed by atoms with Crippen LogP contribution in [0, 0.1) is 6.92 Å². The van der Waals surface area contributed by atoms with Crippen molar-refractivity contribution in [3.8, 4) is 5.75 Å². The van der Waals surface area contributed by atoms with Crippen LogP contribution in [0.5, 0.6) is 5.75 Å². The van der Waals surface area contributed by atoms with E-state index in [1.165, 1.54) is 16.7 Å². The first-order chi connectivity index (χ1) is 20.2. The molecule has 0 aromatic heterocycles. The number of nitrogens with one attached hydrogen (secondary N) is 1. The molecule has 0 saturated heterocycles. The van der Waals surface area contributed by atoms with Crippen molar-refractivity contribution < 1.29 is 22.7 Å². The van der Waals surface area contributed by atoms with Gasteiger partial charge in [-0.05, 0) is 80.5 Å². The van der Waals surface area contributed by atoms with Crippen molar-refractivity contribution in [1.29, 1.82) is 0 Å². The summed E-state index contributed by atoms with van der Waals surface area (Å²) in [5, 5.41) is 2.91. The molecule has 2 amide bonds. The molecule has 0 aliphatic carbocycles. The fourth-order valence-electron chi connectivity index (χ4n) is 4.59. The highest BCUT2D eigenvalue weighted by Gasteiger charge is 2.34. The van der Waals surface area contributed by atoms with Crippen LogP contribution in [0.15, 0.2) is 82.6 Å². The third-order valence-electron chi connectivity index (χ3n) is 6.90. The number of amides is 2. The second kappa shape index (κ2) is 15.7. The topological polar surface area (TPSA) is 96.0 Å². The van der Waals surface area contributed by atoms with E-state index in [0.29, 0.717) is 25.3 Å². The molecule has 3 rings (SSSR count). The maximum Gasteiger partial charge on any atom is 0.264 e. The first-order valence-electron chi connectivity index (χ1n) is 14.2. The Balaban J connectivity index is 2.12. The van der Waals surface area contributed by atoms with E-state index in [1.54, 1.807) is 48.5 Å². The van der Waals surface area contributed by atoms with Gasteiger partial charge in [-0.15, -0.1) is 11.8 Å². The number of carbonyl (C=O) groups is 2. The third-order valence-corrected chi connectivity index (χ3v) is 9.41. The van der Waals surface area contributed by atoms with Gasteiger partial charge >= 0.3 is 0 Å². The fraction of sp³-hybridized carbons (Fsp3) is 0.375. The quantitative estimate of drug-likeness (QED) is 0.223. The molecule has 0 radical (unpaired) electrons. The van der Waals surface area contributed by atoms with Crippen LogP contribution in [-0.4, -0.2) is 57.1 Å². The van der Waals surface area contributed by atoms with Crippen molar-refractivity contribution in [1.82, 2.24) is 10.2 Å². The van der Waals surface area contributed by atoms with Gasteiger partial charge in [0.15, 0.2) is 0 Å². The summed E-state index contributed by atoms with van der Waals surface area (Å²) in [6, 6.07) is 20.2. The predicted octanol–water partition coefficient (Wildman–Crippen LogP) is 5.64. The van der Waals surface area contributed by atoms with Gasteiger partial charge in [-0.3, -0.25) is 13.9 Å². The lowest BCUT2D eigenvalue weighted by Crippen LogP contribution is -2.52. The third kappa shape index (κ3) is 8.07. The van der Waals surface area contributed by atoms with Gasteiger partial charge in [0.25, 0.3) is 10.0 Å². The van der Waals surface area contributed by atoms with Crippen LogP contribution < -0.4 is 14.4 Å². The molecule has 1 atom stereocenters. The molecule has 0 aliphatic heterocycles. The Morgan fingerprint density at radius 3 is 2.24 bits per heavy atom. The molecule has 1 N–H and O–H groups in total. The Morgan fingerprint density at radius 1 is 0.952 bits per heavy atom. The van der Waals surface area contributed by atoms with Crippen molar-refractivity contribution >= 4 is 39.3 Å². The van der Waals surface area contributed by atoms with Crippen LogP contribution in [0.3, 0.4) is 0 Å². The van der Waals surface area contributed by atoms with E-state index in [0.717, 1.165) is 26.7 Å². The minimum Gasteiger partial charge on any atom is -0.492 e. The minimum atomic E-state index is -4.20. The molecule has 0 spiro atoms. The summed E-state index contributed by atoms with van der Waals surface area (Å²) in [5.74, 6) is -0.416. The van der Waals surface area contributed by atoms with Gasteiger partial charge in [0.05, 0.1) is 17.2 Å². The number of rotatable bonds is 15. The van der Waals surface area contributed by atoms with Crippen LogP contribution in [0.25, 0.3) is 0 Å². The zero-order valence-electron chi connectivity index (χ0n) is 25.0.